The van der Waals surface area contributed by atoms with Crippen molar-refractivity contribution in [1.82, 2.24) is 9.97 Å². The molecule has 170 valence electrons. The summed E-state index contributed by atoms with van der Waals surface area (Å²) in [7, 11) is 1.94. The fourth-order valence-corrected chi connectivity index (χ4v) is 3.93. The van der Waals surface area contributed by atoms with Gasteiger partial charge in [-0.2, -0.15) is 0 Å². The van der Waals surface area contributed by atoms with E-state index in [-0.39, 0.29) is 23.6 Å². The van der Waals surface area contributed by atoms with Gasteiger partial charge in [-0.15, -0.1) is 8.78 Å². The van der Waals surface area contributed by atoms with E-state index in [4.69, 9.17) is 4.98 Å². The number of nitrogens with one attached hydrogen (secondary N) is 1. The Hall–Kier alpha value is -3.95. The van der Waals surface area contributed by atoms with Gasteiger partial charge in [-0.25, -0.2) is 14.8 Å². The Bertz CT molecular complexity index is 1210. The molecule has 33 heavy (non-hydrogen) atoms. The van der Waals surface area contributed by atoms with Gasteiger partial charge in [0.25, 0.3) is 0 Å². The van der Waals surface area contributed by atoms with Crippen LogP contribution in [0.15, 0.2) is 54.7 Å². The van der Waals surface area contributed by atoms with Crippen molar-refractivity contribution in [2.24, 2.45) is 0 Å². The summed E-state index contributed by atoms with van der Waals surface area (Å²) in [4.78, 5) is 25.9. The molecule has 2 amide bonds. The molecule has 1 atom stereocenters. The maximum atomic E-state index is 13.4. The van der Waals surface area contributed by atoms with Gasteiger partial charge in [0.05, 0.1) is 11.4 Å². The van der Waals surface area contributed by atoms with Crippen LogP contribution >= 0.6 is 0 Å². The van der Waals surface area contributed by atoms with Crippen LogP contribution in [-0.4, -0.2) is 41.9 Å². The molecule has 8 nitrogen and oxygen atoms in total. The number of anilines is 3. The summed E-state index contributed by atoms with van der Waals surface area (Å²) >= 11 is 0. The molecular formula is C23H21F2N5O3. The Balaban J connectivity index is 1.53. The average Bonchev–Trinajstić information content (AvgIpc) is 3.04. The van der Waals surface area contributed by atoms with E-state index in [1.165, 1.54) is 12.1 Å². The zero-order valence-corrected chi connectivity index (χ0v) is 18.0. The normalized spacial score (nSPS) is 18.5. The van der Waals surface area contributed by atoms with Crippen LogP contribution in [0.4, 0.5) is 30.9 Å². The maximum Gasteiger partial charge on any atom is 0.586 e. The molecule has 2 aliphatic heterocycles. The molecule has 5 rings (SSSR count). The minimum Gasteiger partial charge on any atom is -0.395 e. The number of halogens is 2. The van der Waals surface area contributed by atoms with E-state index in [0.29, 0.717) is 22.9 Å². The molecule has 10 heteroatoms. The lowest BCUT2D eigenvalue weighted by atomic mass is 10.1. The van der Waals surface area contributed by atoms with Crippen molar-refractivity contribution < 1.29 is 23.0 Å². The molecule has 1 N–H and O–H groups in total. The van der Waals surface area contributed by atoms with Gasteiger partial charge in [0.15, 0.2) is 17.3 Å². The number of carbonyl (C=O) groups is 1. The van der Waals surface area contributed by atoms with Gasteiger partial charge in [-0.05, 0) is 55.8 Å². The number of urea groups is 1. The average molecular weight is 453 g/mol. The largest absolute Gasteiger partial charge is 0.586 e. The van der Waals surface area contributed by atoms with Crippen LogP contribution in [0, 0.1) is 0 Å². The van der Waals surface area contributed by atoms with Crippen LogP contribution in [0.3, 0.4) is 0 Å². The van der Waals surface area contributed by atoms with Gasteiger partial charge in [0.1, 0.15) is 5.82 Å². The third-order valence-corrected chi connectivity index (χ3v) is 5.63. The number of fused-ring (bicyclic) bond motifs is 2. The topological polar surface area (TPSA) is 79.8 Å². The first kappa shape index (κ1) is 20.9. The Labute approximate surface area is 188 Å². The molecular weight excluding hydrogens is 432 g/mol. The number of ether oxygens (including phenoxy) is 2. The number of amides is 2. The first-order valence-corrected chi connectivity index (χ1v) is 10.4. The standard InChI is InChI=1S/C23H21F2N5O3/c1-14-10-12-29(2)17-8-7-16(15-6-9-18-19(13-15)33-23(24,25)32-18)27-21(17)30(14)22(31)28-20-5-3-4-11-26-20/h3-9,11,13-14H,10,12H2,1-2H3,(H,26,28,31)/t14-/m1/s1. The minimum atomic E-state index is -3.69. The van der Waals surface area contributed by atoms with Crippen molar-refractivity contribution in [1.29, 1.82) is 0 Å². The highest BCUT2D eigenvalue weighted by Gasteiger charge is 2.43. The number of rotatable bonds is 2. The van der Waals surface area contributed by atoms with E-state index >= 15 is 0 Å². The van der Waals surface area contributed by atoms with Crippen LogP contribution < -0.4 is 24.6 Å². The highest BCUT2D eigenvalue weighted by molar-refractivity contribution is 6.03. The first-order valence-electron chi connectivity index (χ1n) is 10.4. The number of hydrogen-bond donors (Lipinski definition) is 1. The molecule has 0 saturated carbocycles. The highest BCUT2D eigenvalue weighted by Crippen LogP contribution is 2.43. The molecule has 0 aliphatic carbocycles. The van der Waals surface area contributed by atoms with Crippen molar-refractivity contribution in [2.75, 3.05) is 28.7 Å². The Morgan fingerprint density at radius 2 is 1.97 bits per heavy atom. The first-order chi connectivity index (χ1) is 15.8. The van der Waals surface area contributed by atoms with Crippen LogP contribution in [0.1, 0.15) is 13.3 Å². The van der Waals surface area contributed by atoms with Crippen molar-refractivity contribution in [3.8, 4) is 22.8 Å². The van der Waals surface area contributed by atoms with Crippen molar-refractivity contribution >= 4 is 23.4 Å². The third-order valence-electron chi connectivity index (χ3n) is 5.63. The molecule has 0 bridgehead atoms. The molecule has 0 spiro atoms. The Morgan fingerprint density at radius 3 is 2.76 bits per heavy atom. The summed E-state index contributed by atoms with van der Waals surface area (Å²) in [5, 5.41) is 2.83. The van der Waals surface area contributed by atoms with E-state index in [1.54, 1.807) is 41.4 Å². The summed E-state index contributed by atoms with van der Waals surface area (Å²) in [6.45, 7) is 2.69. The number of alkyl halides is 2. The number of benzene rings is 1. The monoisotopic (exact) mass is 453 g/mol. The van der Waals surface area contributed by atoms with Crippen molar-refractivity contribution in [3.05, 3.63) is 54.7 Å². The summed E-state index contributed by atoms with van der Waals surface area (Å²) in [6, 6.07) is 12.9. The third kappa shape index (κ3) is 3.99. The van der Waals surface area contributed by atoms with E-state index in [2.05, 4.69) is 19.8 Å². The van der Waals surface area contributed by atoms with Gasteiger partial charge in [-0.1, -0.05) is 6.07 Å². The maximum absolute atomic E-state index is 13.4. The number of carbonyl (C=O) groups excluding carboxylic acids is 1. The summed E-state index contributed by atoms with van der Waals surface area (Å²) in [6.07, 6.45) is -1.36. The molecule has 0 unspecified atom stereocenters. The van der Waals surface area contributed by atoms with Crippen LogP contribution in [0.2, 0.25) is 0 Å². The van der Waals surface area contributed by atoms with E-state index in [0.717, 1.165) is 18.7 Å². The Morgan fingerprint density at radius 1 is 1.15 bits per heavy atom. The molecule has 0 radical (unpaired) electrons. The molecule has 1 aromatic carbocycles. The minimum absolute atomic E-state index is 0.0387. The van der Waals surface area contributed by atoms with Gasteiger partial charge in [-0.3, -0.25) is 10.2 Å². The molecule has 0 fully saturated rings. The molecule has 2 aliphatic rings. The number of nitrogens with zero attached hydrogens (tertiary/aromatic N) is 4. The second-order valence-corrected chi connectivity index (χ2v) is 7.94. The van der Waals surface area contributed by atoms with Crippen LogP contribution in [0.25, 0.3) is 11.3 Å². The van der Waals surface area contributed by atoms with Gasteiger partial charge in [0, 0.05) is 31.4 Å². The number of hydrogen-bond acceptors (Lipinski definition) is 6. The fraction of sp³-hybridized carbons (Fsp3) is 0.261. The molecule has 4 heterocycles. The lowest BCUT2D eigenvalue weighted by Gasteiger charge is -2.28. The lowest BCUT2D eigenvalue weighted by Crippen LogP contribution is -2.42. The predicted octanol–water partition coefficient (Wildman–Crippen LogP) is 4.73. The SMILES string of the molecule is C[C@@H]1CCN(C)c2ccc(-c3ccc4c(c3)OC(F)(F)O4)nc2N1C(=O)Nc1ccccn1. The van der Waals surface area contributed by atoms with Crippen molar-refractivity contribution in [2.45, 2.75) is 25.7 Å². The van der Waals surface area contributed by atoms with Gasteiger partial charge in [0.2, 0.25) is 0 Å². The lowest BCUT2D eigenvalue weighted by molar-refractivity contribution is -0.286. The molecule has 2 aromatic heterocycles. The molecule has 0 saturated heterocycles. The summed E-state index contributed by atoms with van der Waals surface area (Å²) < 4.78 is 35.9. The van der Waals surface area contributed by atoms with Crippen LogP contribution in [-0.2, 0) is 0 Å². The van der Waals surface area contributed by atoms with E-state index in [1.807, 2.05) is 24.9 Å². The highest BCUT2D eigenvalue weighted by atomic mass is 19.3. The summed E-state index contributed by atoms with van der Waals surface area (Å²) in [5.41, 5.74) is 1.85. The van der Waals surface area contributed by atoms with Crippen molar-refractivity contribution in [3.63, 3.8) is 0 Å². The molecule has 3 aromatic rings. The van der Waals surface area contributed by atoms with Gasteiger partial charge >= 0.3 is 12.3 Å². The quantitative estimate of drug-likeness (QED) is 0.604. The zero-order chi connectivity index (χ0) is 23.2. The van der Waals surface area contributed by atoms with E-state index < -0.39 is 6.29 Å². The smallest absolute Gasteiger partial charge is 0.395 e. The summed E-state index contributed by atoms with van der Waals surface area (Å²) in [5.74, 6) is 0.797. The number of pyridine rings is 2. The Kier molecular flexibility index (Phi) is 4.99. The van der Waals surface area contributed by atoms with Gasteiger partial charge < -0.3 is 14.4 Å². The fourth-order valence-electron chi connectivity index (χ4n) is 3.93. The van der Waals surface area contributed by atoms with E-state index in [9.17, 15) is 13.6 Å². The predicted molar refractivity (Wildman–Crippen MR) is 119 cm³/mol. The second-order valence-electron chi connectivity index (χ2n) is 7.94. The zero-order valence-electron chi connectivity index (χ0n) is 18.0. The van der Waals surface area contributed by atoms with Crippen LogP contribution in [0.5, 0.6) is 11.5 Å². The number of aromatic nitrogens is 2. The second kappa shape index (κ2) is 7.88.